The fraction of sp³-hybridized carbons (Fsp3) is 0.182. The van der Waals surface area contributed by atoms with Gasteiger partial charge in [-0.1, -0.05) is 30.3 Å². The van der Waals surface area contributed by atoms with Crippen molar-refractivity contribution < 1.29 is 19.1 Å². The van der Waals surface area contributed by atoms with E-state index in [1.807, 2.05) is 29.1 Å². The van der Waals surface area contributed by atoms with Crippen LogP contribution >= 0.6 is 0 Å². The Morgan fingerprint density at radius 1 is 1.11 bits per heavy atom. The number of hydrogen-bond donors (Lipinski definition) is 3. The van der Waals surface area contributed by atoms with Crippen LogP contribution < -0.4 is 16.6 Å². The van der Waals surface area contributed by atoms with Crippen molar-refractivity contribution in [3.8, 4) is 0 Å². The van der Waals surface area contributed by atoms with Crippen LogP contribution in [0, 0.1) is 0 Å². The van der Waals surface area contributed by atoms with Crippen molar-refractivity contribution in [2.75, 3.05) is 0 Å². The second-order valence-corrected chi connectivity index (χ2v) is 3.38. The summed E-state index contributed by atoms with van der Waals surface area (Å²) in [6.45, 7) is 0.0817. The van der Waals surface area contributed by atoms with Gasteiger partial charge in [0.1, 0.15) is 13.0 Å². The molecule has 3 amide bonds. The number of nitrogens with one attached hydrogen (secondary N) is 2. The molecular formula is C11H13N3O4. The maximum Gasteiger partial charge on any atom is 0.426 e. The topological polar surface area (TPSA) is 111 Å². The van der Waals surface area contributed by atoms with Gasteiger partial charge < -0.3 is 10.5 Å². The maximum absolute atomic E-state index is 11.1. The molecule has 0 radical (unpaired) electrons. The van der Waals surface area contributed by atoms with Crippen molar-refractivity contribution in [1.29, 1.82) is 0 Å². The van der Waals surface area contributed by atoms with E-state index in [0.29, 0.717) is 0 Å². The zero-order valence-electron chi connectivity index (χ0n) is 9.51. The summed E-state index contributed by atoms with van der Waals surface area (Å²) < 4.78 is 4.80. The molecule has 0 heterocycles. The summed E-state index contributed by atoms with van der Waals surface area (Å²) in [4.78, 5) is 32.5. The highest BCUT2D eigenvalue weighted by Crippen LogP contribution is 1.99. The normalized spacial score (nSPS) is 9.33. The Balaban J connectivity index is 2.22. The molecule has 0 aliphatic heterocycles. The summed E-state index contributed by atoms with van der Waals surface area (Å²) in [6.07, 6.45) is -1.32. The van der Waals surface area contributed by atoms with Crippen LogP contribution in [0.2, 0.25) is 0 Å². The Kier molecular flexibility index (Phi) is 5.17. The van der Waals surface area contributed by atoms with Crippen LogP contribution in [0.15, 0.2) is 30.3 Å². The van der Waals surface area contributed by atoms with Crippen molar-refractivity contribution in [1.82, 2.24) is 10.9 Å². The van der Waals surface area contributed by atoms with E-state index in [4.69, 9.17) is 10.5 Å². The first-order chi connectivity index (χ1) is 8.58. The highest BCUT2D eigenvalue weighted by Gasteiger charge is 2.07. The van der Waals surface area contributed by atoms with Gasteiger partial charge in [0.15, 0.2) is 0 Å². The highest BCUT2D eigenvalue weighted by molar-refractivity contribution is 5.96. The molecule has 0 aliphatic rings. The van der Waals surface area contributed by atoms with Gasteiger partial charge in [-0.2, -0.15) is 0 Å². The zero-order valence-corrected chi connectivity index (χ0v) is 9.51. The minimum atomic E-state index is -0.823. The van der Waals surface area contributed by atoms with Crippen LogP contribution in [0.5, 0.6) is 0 Å². The van der Waals surface area contributed by atoms with E-state index in [1.54, 1.807) is 12.1 Å². The number of primary amides is 1. The van der Waals surface area contributed by atoms with Gasteiger partial charge in [-0.3, -0.25) is 15.0 Å². The molecule has 0 unspecified atom stereocenters. The first-order valence-electron chi connectivity index (χ1n) is 5.12. The van der Waals surface area contributed by atoms with Crippen molar-refractivity contribution >= 4 is 17.9 Å². The first kappa shape index (κ1) is 13.5. The lowest BCUT2D eigenvalue weighted by molar-refractivity contribution is -0.128. The van der Waals surface area contributed by atoms with Gasteiger partial charge in [-0.25, -0.2) is 10.2 Å². The fourth-order valence-corrected chi connectivity index (χ4v) is 1.08. The number of ether oxygens (including phenoxy) is 1. The number of carbonyl (C=O) groups excluding carboxylic acids is 3. The van der Waals surface area contributed by atoms with Gasteiger partial charge in [-0.05, 0) is 5.56 Å². The SMILES string of the molecule is NC(=O)CC(=O)NNC(=O)OCc1ccccc1. The molecular weight excluding hydrogens is 238 g/mol. The largest absolute Gasteiger partial charge is 0.443 e. The Hall–Kier alpha value is -2.57. The predicted molar refractivity (Wildman–Crippen MR) is 61.7 cm³/mol. The lowest BCUT2D eigenvalue weighted by atomic mass is 10.2. The summed E-state index contributed by atoms with van der Waals surface area (Å²) in [7, 11) is 0. The van der Waals surface area contributed by atoms with E-state index in [2.05, 4.69) is 0 Å². The molecule has 0 atom stereocenters. The van der Waals surface area contributed by atoms with Crippen molar-refractivity contribution in [2.45, 2.75) is 13.0 Å². The van der Waals surface area contributed by atoms with Crippen molar-refractivity contribution in [2.24, 2.45) is 5.73 Å². The van der Waals surface area contributed by atoms with E-state index in [0.717, 1.165) is 5.56 Å². The smallest absolute Gasteiger partial charge is 0.426 e. The number of hydrazine groups is 1. The lowest BCUT2D eigenvalue weighted by Crippen LogP contribution is -2.43. The minimum absolute atomic E-state index is 0.0817. The second-order valence-electron chi connectivity index (χ2n) is 3.38. The molecule has 7 nitrogen and oxygen atoms in total. The highest BCUT2D eigenvalue weighted by atomic mass is 16.6. The van der Waals surface area contributed by atoms with E-state index in [1.165, 1.54) is 0 Å². The molecule has 0 bridgehead atoms. The number of nitrogens with two attached hydrogens (primary N) is 1. The summed E-state index contributed by atoms with van der Waals surface area (Å²) in [5.41, 5.74) is 9.58. The van der Waals surface area contributed by atoms with E-state index >= 15 is 0 Å². The second kappa shape index (κ2) is 6.89. The number of rotatable bonds is 4. The maximum atomic E-state index is 11.1. The summed E-state index contributed by atoms with van der Waals surface area (Å²) >= 11 is 0. The Bertz CT molecular complexity index is 433. The molecule has 0 aromatic heterocycles. The van der Waals surface area contributed by atoms with Gasteiger partial charge >= 0.3 is 6.09 Å². The third-order valence-electron chi connectivity index (χ3n) is 1.85. The Labute approximate surface area is 103 Å². The van der Waals surface area contributed by atoms with Gasteiger partial charge in [0.05, 0.1) is 0 Å². The van der Waals surface area contributed by atoms with Gasteiger partial charge in [0.25, 0.3) is 0 Å². The average molecular weight is 251 g/mol. The number of benzene rings is 1. The third kappa shape index (κ3) is 5.50. The third-order valence-corrected chi connectivity index (χ3v) is 1.85. The molecule has 4 N–H and O–H groups in total. The standard InChI is InChI=1S/C11H13N3O4/c12-9(15)6-10(16)13-14-11(17)18-7-8-4-2-1-3-5-8/h1-5H,6-7H2,(H2,12,15)(H,13,16)(H,14,17). The van der Waals surface area contributed by atoms with Crippen LogP contribution in [-0.4, -0.2) is 17.9 Å². The molecule has 7 heteroatoms. The fourth-order valence-electron chi connectivity index (χ4n) is 1.08. The van der Waals surface area contributed by atoms with E-state index < -0.39 is 24.3 Å². The summed E-state index contributed by atoms with van der Waals surface area (Å²) in [5.74, 6) is -1.49. The van der Waals surface area contributed by atoms with Crippen LogP contribution in [-0.2, 0) is 20.9 Å². The van der Waals surface area contributed by atoms with Gasteiger partial charge in [0.2, 0.25) is 11.8 Å². The minimum Gasteiger partial charge on any atom is -0.443 e. The molecule has 0 aliphatic carbocycles. The molecule has 0 spiro atoms. The van der Waals surface area contributed by atoms with Crippen LogP contribution in [0.1, 0.15) is 12.0 Å². The molecule has 0 saturated heterocycles. The molecule has 1 aromatic carbocycles. The quantitative estimate of drug-likeness (QED) is 0.509. The molecule has 0 saturated carbocycles. The van der Waals surface area contributed by atoms with Gasteiger partial charge in [-0.15, -0.1) is 0 Å². The van der Waals surface area contributed by atoms with Crippen LogP contribution in [0.3, 0.4) is 0 Å². The first-order valence-corrected chi connectivity index (χ1v) is 5.12. The summed E-state index contributed by atoms with van der Waals surface area (Å²) in [6, 6.07) is 9.04. The lowest BCUT2D eigenvalue weighted by Gasteiger charge is -2.07. The van der Waals surface area contributed by atoms with Crippen molar-refractivity contribution in [3.05, 3.63) is 35.9 Å². The van der Waals surface area contributed by atoms with E-state index in [-0.39, 0.29) is 6.61 Å². The molecule has 96 valence electrons. The van der Waals surface area contributed by atoms with E-state index in [9.17, 15) is 14.4 Å². The molecule has 1 rings (SSSR count). The Morgan fingerprint density at radius 2 is 1.78 bits per heavy atom. The van der Waals surface area contributed by atoms with Gasteiger partial charge in [0, 0.05) is 0 Å². The molecule has 18 heavy (non-hydrogen) atoms. The predicted octanol–water partition coefficient (Wildman–Crippen LogP) is -0.181. The number of carbonyl (C=O) groups is 3. The zero-order chi connectivity index (χ0) is 13.4. The Morgan fingerprint density at radius 3 is 2.39 bits per heavy atom. The summed E-state index contributed by atoms with van der Waals surface area (Å²) in [5, 5.41) is 0. The number of hydrogen-bond acceptors (Lipinski definition) is 4. The molecule has 1 aromatic rings. The molecule has 0 fully saturated rings. The monoisotopic (exact) mass is 251 g/mol. The average Bonchev–Trinajstić information content (AvgIpc) is 2.34. The van der Waals surface area contributed by atoms with Crippen LogP contribution in [0.4, 0.5) is 4.79 Å². The van der Waals surface area contributed by atoms with Crippen molar-refractivity contribution in [3.63, 3.8) is 0 Å². The number of amides is 3. The van der Waals surface area contributed by atoms with Crippen LogP contribution in [0.25, 0.3) is 0 Å².